The molecule has 0 aliphatic carbocycles. The van der Waals surface area contributed by atoms with Crippen molar-refractivity contribution >= 4 is 0 Å². The van der Waals surface area contributed by atoms with E-state index in [9.17, 15) is 5.11 Å². The fourth-order valence-corrected chi connectivity index (χ4v) is 3.48. The van der Waals surface area contributed by atoms with Gasteiger partial charge < -0.3 is 15.2 Å². The first-order valence-corrected chi connectivity index (χ1v) is 11.9. The lowest BCUT2D eigenvalue weighted by molar-refractivity contribution is 0.106. The highest BCUT2D eigenvalue weighted by atomic mass is 16.5. The molecule has 0 spiro atoms. The minimum Gasteiger partial charge on any atom is -0.491 e. The Bertz CT molecular complexity index is 424. The molecule has 0 heterocycles. The number of aliphatic hydroxyl groups is 1. The molecule has 0 radical (unpaired) electrons. The van der Waals surface area contributed by atoms with Crippen molar-refractivity contribution in [2.24, 2.45) is 0 Å². The topological polar surface area (TPSA) is 41.5 Å². The summed E-state index contributed by atoms with van der Waals surface area (Å²) in [6, 6.07) is 9.66. The molecular weight excluding hydrogens is 346 g/mol. The smallest absolute Gasteiger partial charge is 0.119 e. The lowest BCUT2D eigenvalue weighted by Gasteiger charge is -2.13. The number of unbranched alkanes of at least 4 members (excludes halogenated alkanes) is 13. The van der Waals surface area contributed by atoms with Crippen molar-refractivity contribution in [3.63, 3.8) is 0 Å². The van der Waals surface area contributed by atoms with E-state index in [1.165, 1.54) is 89.9 Å². The number of rotatable bonds is 20. The van der Waals surface area contributed by atoms with Gasteiger partial charge >= 0.3 is 0 Å². The summed E-state index contributed by atoms with van der Waals surface area (Å²) in [6.45, 7) is 4.21. The van der Waals surface area contributed by atoms with Gasteiger partial charge in [0.1, 0.15) is 18.5 Å². The highest BCUT2D eigenvalue weighted by Gasteiger charge is 2.04. The van der Waals surface area contributed by atoms with Crippen LogP contribution in [0.15, 0.2) is 30.3 Å². The predicted octanol–water partition coefficient (Wildman–Crippen LogP) is 6.50. The summed E-state index contributed by atoms with van der Waals surface area (Å²) in [6.07, 6.45) is 19.0. The third-order valence-electron chi connectivity index (χ3n) is 5.27. The van der Waals surface area contributed by atoms with E-state index in [-0.39, 0.29) is 0 Å². The zero-order valence-corrected chi connectivity index (χ0v) is 18.3. The maximum Gasteiger partial charge on any atom is 0.119 e. The van der Waals surface area contributed by atoms with Crippen molar-refractivity contribution in [2.45, 2.75) is 103 Å². The second-order valence-corrected chi connectivity index (χ2v) is 8.08. The summed E-state index contributed by atoms with van der Waals surface area (Å²) < 4.78 is 5.56. The molecule has 0 aliphatic rings. The van der Waals surface area contributed by atoms with E-state index in [1.54, 1.807) is 0 Å². The number of hydrogen-bond acceptors (Lipinski definition) is 3. The third kappa shape index (κ3) is 15.9. The van der Waals surface area contributed by atoms with E-state index in [0.717, 1.165) is 12.3 Å². The second kappa shape index (κ2) is 19.3. The van der Waals surface area contributed by atoms with Gasteiger partial charge in [-0.3, -0.25) is 0 Å². The average molecular weight is 392 g/mol. The van der Waals surface area contributed by atoms with Crippen LogP contribution in [0.4, 0.5) is 0 Å². The molecule has 0 aliphatic heterocycles. The molecule has 3 nitrogen and oxygen atoms in total. The molecule has 1 unspecified atom stereocenters. The number of benzene rings is 1. The number of para-hydroxylation sites is 1. The van der Waals surface area contributed by atoms with Gasteiger partial charge in [0.25, 0.3) is 0 Å². The van der Waals surface area contributed by atoms with Crippen LogP contribution >= 0.6 is 0 Å². The number of hydrogen-bond donors (Lipinski definition) is 2. The highest BCUT2D eigenvalue weighted by Crippen LogP contribution is 2.13. The number of nitrogens with one attached hydrogen (secondary N) is 1. The van der Waals surface area contributed by atoms with Gasteiger partial charge in [0.05, 0.1) is 0 Å². The summed E-state index contributed by atoms with van der Waals surface area (Å²) in [4.78, 5) is 0. The molecule has 0 amide bonds. The lowest BCUT2D eigenvalue weighted by Crippen LogP contribution is -2.32. The lowest BCUT2D eigenvalue weighted by atomic mass is 10.0. The van der Waals surface area contributed by atoms with Crippen LogP contribution in [-0.4, -0.2) is 30.9 Å². The summed E-state index contributed by atoms with van der Waals surface area (Å²) in [5.74, 6) is 0.813. The fraction of sp³-hybridized carbons (Fsp3) is 0.760. The summed E-state index contributed by atoms with van der Waals surface area (Å²) >= 11 is 0. The Morgan fingerprint density at radius 2 is 1.25 bits per heavy atom. The third-order valence-corrected chi connectivity index (χ3v) is 5.27. The SMILES string of the molecule is CCCCCCCCCCCCCCCCNCC(O)COc1ccccc1. The summed E-state index contributed by atoms with van der Waals surface area (Å²) in [5, 5.41) is 13.3. The molecule has 162 valence electrons. The van der Waals surface area contributed by atoms with Crippen LogP contribution in [0.5, 0.6) is 5.75 Å². The zero-order valence-electron chi connectivity index (χ0n) is 18.3. The molecular formula is C25H45NO2. The van der Waals surface area contributed by atoms with Crippen LogP contribution in [-0.2, 0) is 0 Å². The van der Waals surface area contributed by atoms with Crippen molar-refractivity contribution in [3.05, 3.63) is 30.3 Å². The first-order chi connectivity index (χ1) is 13.8. The van der Waals surface area contributed by atoms with Crippen molar-refractivity contribution in [1.29, 1.82) is 0 Å². The summed E-state index contributed by atoms with van der Waals surface area (Å²) in [5.41, 5.74) is 0. The van der Waals surface area contributed by atoms with Gasteiger partial charge in [0.15, 0.2) is 0 Å². The van der Waals surface area contributed by atoms with Crippen molar-refractivity contribution in [3.8, 4) is 5.75 Å². The van der Waals surface area contributed by atoms with Gasteiger partial charge in [-0.1, -0.05) is 109 Å². The van der Waals surface area contributed by atoms with Gasteiger partial charge in [0, 0.05) is 6.54 Å². The second-order valence-electron chi connectivity index (χ2n) is 8.08. The maximum atomic E-state index is 9.94. The summed E-state index contributed by atoms with van der Waals surface area (Å²) in [7, 11) is 0. The Kier molecular flexibility index (Phi) is 17.2. The molecule has 0 bridgehead atoms. The first-order valence-electron chi connectivity index (χ1n) is 11.9. The molecule has 0 aromatic heterocycles. The van der Waals surface area contributed by atoms with E-state index in [4.69, 9.17) is 4.74 Å². The van der Waals surface area contributed by atoms with E-state index < -0.39 is 6.10 Å². The van der Waals surface area contributed by atoms with Crippen molar-refractivity contribution in [1.82, 2.24) is 5.32 Å². The Morgan fingerprint density at radius 3 is 1.79 bits per heavy atom. The predicted molar refractivity (Wildman–Crippen MR) is 121 cm³/mol. The van der Waals surface area contributed by atoms with Gasteiger partial charge in [0.2, 0.25) is 0 Å². The van der Waals surface area contributed by atoms with Crippen LogP contribution in [0.2, 0.25) is 0 Å². The first kappa shape index (κ1) is 25.0. The Balaban J connectivity index is 1.75. The van der Waals surface area contributed by atoms with E-state index >= 15 is 0 Å². The molecule has 28 heavy (non-hydrogen) atoms. The number of ether oxygens (including phenoxy) is 1. The zero-order chi connectivity index (χ0) is 20.1. The molecule has 1 aromatic carbocycles. The quantitative estimate of drug-likeness (QED) is 0.249. The van der Waals surface area contributed by atoms with Gasteiger partial charge in [-0.15, -0.1) is 0 Å². The van der Waals surface area contributed by atoms with Crippen molar-refractivity contribution in [2.75, 3.05) is 19.7 Å². The molecule has 0 saturated heterocycles. The van der Waals surface area contributed by atoms with Gasteiger partial charge in [-0.05, 0) is 25.1 Å². The minimum atomic E-state index is -0.452. The minimum absolute atomic E-state index is 0.343. The normalized spacial score (nSPS) is 12.2. The monoisotopic (exact) mass is 391 g/mol. The van der Waals surface area contributed by atoms with Gasteiger partial charge in [-0.25, -0.2) is 0 Å². The molecule has 3 heteroatoms. The standard InChI is InChI=1S/C25H45NO2/c1-2-3-4-5-6-7-8-9-10-11-12-13-14-18-21-26-22-24(27)23-28-25-19-16-15-17-20-25/h15-17,19-20,24,26-27H,2-14,18,21-23H2,1H3. The van der Waals surface area contributed by atoms with Crippen LogP contribution in [0.25, 0.3) is 0 Å². The molecule has 0 saturated carbocycles. The van der Waals surface area contributed by atoms with Crippen molar-refractivity contribution < 1.29 is 9.84 Å². The van der Waals surface area contributed by atoms with E-state index in [2.05, 4.69) is 12.2 Å². The van der Waals surface area contributed by atoms with Crippen LogP contribution < -0.4 is 10.1 Å². The fourth-order valence-electron chi connectivity index (χ4n) is 3.48. The highest BCUT2D eigenvalue weighted by molar-refractivity contribution is 5.20. The molecule has 1 rings (SSSR count). The number of aliphatic hydroxyl groups excluding tert-OH is 1. The Morgan fingerprint density at radius 1 is 0.750 bits per heavy atom. The molecule has 2 N–H and O–H groups in total. The average Bonchev–Trinajstić information content (AvgIpc) is 2.72. The van der Waals surface area contributed by atoms with E-state index in [1.807, 2.05) is 30.3 Å². The van der Waals surface area contributed by atoms with E-state index in [0.29, 0.717) is 13.2 Å². The molecule has 0 fully saturated rings. The Labute approximate surface area is 174 Å². The van der Waals surface area contributed by atoms with Crippen LogP contribution in [0.1, 0.15) is 96.8 Å². The Hall–Kier alpha value is -1.06. The molecule has 1 aromatic rings. The molecule has 1 atom stereocenters. The largest absolute Gasteiger partial charge is 0.491 e. The van der Waals surface area contributed by atoms with Crippen LogP contribution in [0.3, 0.4) is 0 Å². The van der Waals surface area contributed by atoms with Crippen LogP contribution in [0, 0.1) is 0 Å². The maximum absolute atomic E-state index is 9.94. The van der Waals surface area contributed by atoms with Gasteiger partial charge in [-0.2, -0.15) is 0 Å².